The van der Waals surface area contributed by atoms with E-state index in [0.29, 0.717) is 33.1 Å². The standard InChI is InChI=1S/C36H29ClN2O4/c1-21(2)43-24-17-15-23(16-18-24)32(40)30-31(33(41)26-11-5-7-13-28(26)37)39-20-19-22-9-3-4-10-25(22)34(39)36(30)27-12-6-8-14-29(27)38-35(36)42/h3-21,30-31,34H,1-2H3,(H,38,42)/t30-,31-,34-,36-/m1/s1. The predicted molar refractivity (Wildman–Crippen MR) is 166 cm³/mol. The number of amides is 1. The van der Waals surface area contributed by atoms with Crippen molar-refractivity contribution < 1.29 is 19.1 Å². The largest absolute Gasteiger partial charge is 0.491 e. The fraction of sp³-hybridized carbons (Fsp3) is 0.194. The van der Waals surface area contributed by atoms with Crippen molar-refractivity contribution in [2.24, 2.45) is 5.92 Å². The number of benzene rings is 4. The van der Waals surface area contributed by atoms with Crippen LogP contribution in [0.25, 0.3) is 6.08 Å². The molecule has 0 aromatic heterocycles. The maximum atomic E-state index is 14.9. The van der Waals surface area contributed by atoms with Gasteiger partial charge in [0.15, 0.2) is 11.6 Å². The Kier molecular flexibility index (Phi) is 6.47. The molecule has 0 aliphatic carbocycles. The molecule has 4 aromatic carbocycles. The van der Waals surface area contributed by atoms with E-state index in [2.05, 4.69) is 5.32 Å². The molecule has 4 aromatic rings. The van der Waals surface area contributed by atoms with Crippen molar-refractivity contribution in [2.45, 2.75) is 37.5 Å². The monoisotopic (exact) mass is 588 g/mol. The maximum absolute atomic E-state index is 14.9. The molecule has 6 nitrogen and oxygen atoms in total. The molecule has 0 bridgehead atoms. The molecule has 7 heteroatoms. The molecule has 7 rings (SSSR count). The van der Waals surface area contributed by atoms with Crippen LogP contribution in [0, 0.1) is 5.92 Å². The number of nitrogens with one attached hydrogen (secondary N) is 1. The topological polar surface area (TPSA) is 75.7 Å². The SMILES string of the molecule is CC(C)Oc1ccc(C(=O)[C@H]2[C@H](C(=O)c3ccccc3Cl)N3C=Cc4ccccc4[C@@H]3[C@]23C(=O)Nc2ccccc23)cc1. The van der Waals surface area contributed by atoms with E-state index in [1.807, 2.05) is 79.6 Å². The number of para-hydroxylation sites is 1. The lowest BCUT2D eigenvalue weighted by Gasteiger charge is -2.38. The second-order valence-electron chi connectivity index (χ2n) is 11.5. The van der Waals surface area contributed by atoms with Crippen LogP contribution in [-0.4, -0.2) is 34.5 Å². The van der Waals surface area contributed by atoms with E-state index in [0.717, 1.165) is 11.1 Å². The molecule has 0 saturated carbocycles. The molecule has 214 valence electrons. The van der Waals surface area contributed by atoms with Crippen LogP contribution in [0.5, 0.6) is 5.75 Å². The summed E-state index contributed by atoms with van der Waals surface area (Å²) in [4.78, 5) is 46.0. The molecule has 1 spiro atoms. The van der Waals surface area contributed by atoms with Gasteiger partial charge >= 0.3 is 0 Å². The van der Waals surface area contributed by atoms with E-state index < -0.39 is 23.4 Å². The molecule has 1 saturated heterocycles. The summed E-state index contributed by atoms with van der Waals surface area (Å²) < 4.78 is 5.82. The Bertz CT molecular complexity index is 1810. The highest BCUT2D eigenvalue weighted by Crippen LogP contribution is 2.62. The highest BCUT2D eigenvalue weighted by Gasteiger charge is 2.70. The predicted octanol–water partition coefficient (Wildman–Crippen LogP) is 7.11. The zero-order chi connectivity index (χ0) is 29.9. The van der Waals surface area contributed by atoms with Crippen LogP contribution >= 0.6 is 11.6 Å². The average Bonchev–Trinajstić information content (AvgIpc) is 3.49. The molecule has 1 N–H and O–H groups in total. The van der Waals surface area contributed by atoms with E-state index >= 15 is 0 Å². The third-order valence-electron chi connectivity index (χ3n) is 8.77. The van der Waals surface area contributed by atoms with Gasteiger partial charge in [-0.2, -0.15) is 0 Å². The van der Waals surface area contributed by atoms with E-state index in [-0.39, 0.29) is 23.6 Å². The molecular formula is C36H29ClN2O4. The minimum absolute atomic E-state index is 0.0289. The van der Waals surface area contributed by atoms with Gasteiger partial charge in [0.1, 0.15) is 17.2 Å². The van der Waals surface area contributed by atoms with Crippen molar-refractivity contribution in [3.8, 4) is 5.75 Å². The molecule has 0 radical (unpaired) electrons. The second-order valence-corrected chi connectivity index (χ2v) is 11.9. The summed E-state index contributed by atoms with van der Waals surface area (Å²) in [5.74, 6) is -1.35. The number of hydrogen-bond donors (Lipinski definition) is 1. The van der Waals surface area contributed by atoms with Crippen LogP contribution in [0.15, 0.2) is 103 Å². The Morgan fingerprint density at radius 1 is 0.884 bits per heavy atom. The van der Waals surface area contributed by atoms with E-state index in [1.165, 1.54) is 0 Å². The summed E-state index contributed by atoms with van der Waals surface area (Å²) in [6, 6.07) is 27.5. The first kappa shape index (κ1) is 27.2. The third-order valence-corrected chi connectivity index (χ3v) is 9.10. The van der Waals surface area contributed by atoms with Crippen molar-refractivity contribution in [2.75, 3.05) is 5.32 Å². The number of rotatable bonds is 6. The number of carbonyl (C=O) groups excluding carboxylic acids is 3. The summed E-state index contributed by atoms with van der Waals surface area (Å²) >= 11 is 6.58. The summed E-state index contributed by atoms with van der Waals surface area (Å²) in [7, 11) is 0. The van der Waals surface area contributed by atoms with Crippen molar-refractivity contribution in [3.63, 3.8) is 0 Å². The van der Waals surface area contributed by atoms with Crippen molar-refractivity contribution in [1.82, 2.24) is 4.90 Å². The van der Waals surface area contributed by atoms with Gasteiger partial charge in [-0.3, -0.25) is 14.4 Å². The second kappa shape index (κ2) is 10.2. The minimum atomic E-state index is -1.40. The molecule has 4 atom stereocenters. The number of Topliss-reactive ketones (excluding diaryl/α,β-unsaturated/α-hetero) is 2. The van der Waals surface area contributed by atoms with Crippen LogP contribution in [0.1, 0.15) is 57.3 Å². The van der Waals surface area contributed by atoms with Crippen LogP contribution in [-0.2, 0) is 10.2 Å². The molecule has 3 aliphatic rings. The summed E-state index contributed by atoms with van der Waals surface area (Å²) in [5, 5.41) is 3.37. The molecular weight excluding hydrogens is 560 g/mol. The average molecular weight is 589 g/mol. The van der Waals surface area contributed by atoms with Crippen LogP contribution in [0.3, 0.4) is 0 Å². The molecule has 3 heterocycles. The fourth-order valence-corrected chi connectivity index (χ4v) is 7.37. The first-order chi connectivity index (χ1) is 20.8. The number of hydrogen-bond acceptors (Lipinski definition) is 5. The number of ketones is 2. The van der Waals surface area contributed by atoms with E-state index in [1.54, 1.807) is 48.5 Å². The first-order valence-electron chi connectivity index (χ1n) is 14.4. The minimum Gasteiger partial charge on any atom is -0.491 e. The molecule has 1 fully saturated rings. The van der Waals surface area contributed by atoms with Gasteiger partial charge in [-0.05, 0) is 79.1 Å². The molecule has 43 heavy (non-hydrogen) atoms. The van der Waals surface area contributed by atoms with Gasteiger partial charge in [-0.15, -0.1) is 0 Å². The number of nitrogens with zero attached hydrogens (tertiary/aromatic N) is 1. The highest BCUT2D eigenvalue weighted by atomic mass is 35.5. The Labute approximate surface area is 254 Å². The molecule has 1 amide bonds. The smallest absolute Gasteiger partial charge is 0.238 e. The number of halogens is 1. The van der Waals surface area contributed by atoms with Gasteiger partial charge in [-0.1, -0.05) is 66.2 Å². The number of anilines is 1. The lowest BCUT2D eigenvalue weighted by atomic mass is 9.62. The Morgan fingerprint density at radius 2 is 1.58 bits per heavy atom. The quantitative estimate of drug-likeness (QED) is 0.243. The molecule has 0 unspecified atom stereocenters. The van der Waals surface area contributed by atoms with Gasteiger partial charge in [0.2, 0.25) is 5.91 Å². The zero-order valence-corrected chi connectivity index (χ0v) is 24.4. The molecule has 3 aliphatic heterocycles. The first-order valence-corrected chi connectivity index (χ1v) is 14.8. The van der Waals surface area contributed by atoms with Gasteiger partial charge < -0.3 is 15.0 Å². The summed E-state index contributed by atoms with van der Waals surface area (Å²) in [5.41, 5.74) is 2.46. The Balaban J connectivity index is 1.49. The summed E-state index contributed by atoms with van der Waals surface area (Å²) in [6.45, 7) is 3.87. The number of ether oxygens (including phenoxy) is 1. The Morgan fingerprint density at radius 3 is 2.35 bits per heavy atom. The van der Waals surface area contributed by atoms with E-state index in [9.17, 15) is 14.4 Å². The van der Waals surface area contributed by atoms with Gasteiger partial charge in [0.25, 0.3) is 0 Å². The summed E-state index contributed by atoms with van der Waals surface area (Å²) in [6.07, 6.45) is 3.77. The fourth-order valence-electron chi connectivity index (χ4n) is 7.14. The Hall–Kier alpha value is -4.68. The highest BCUT2D eigenvalue weighted by molar-refractivity contribution is 6.34. The van der Waals surface area contributed by atoms with Crippen LogP contribution < -0.4 is 10.1 Å². The lowest BCUT2D eigenvalue weighted by molar-refractivity contribution is -0.122. The van der Waals surface area contributed by atoms with Gasteiger partial charge in [0.05, 0.1) is 23.1 Å². The zero-order valence-electron chi connectivity index (χ0n) is 23.7. The van der Waals surface area contributed by atoms with Crippen LogP contribution in [0.4, 0.5) is 5.69 Å². The third kappa shape index (κ3) is 4.04. The van der Waals surface area contributed by atoms with Crippen molar-refractivity contribution in [3.05, 3.63) is 136 Å². The van der Waals surface area contributed by atoms with Gasteiger partial charge in [-0.25, -0.2) is 0 Å². The maximum Gasteiger partial charge on any atom is 0.238 e. The van der Waals surface area contributed by atoms with Crippen LogP contribution in [0.2, 0.25) is 5.02 Å². The van der Waals surface area contributed by atoms with E-state index in [4.69, 9.17) is 16.3 Å². The lowest BCUT2D eigenvalue weighted by Crippen LogP contribution is -2.49. The number of fused-ring (bicyclic) bond motifs is 6. The van der Waals surface area contributed by atoms with Gasteiger partial charge in [0, 0.05) is 23.0 Å². The normalized spacial score (nSPS) is 23.1. The number of carbonyl (C=O) groups is 3. The van der Waals surface area contributed by atoms with Crippen molar-refractivity contribution >= 4 is 40.8 Å². The van der Waals surface area contributed by atoms with Crippen molar-refractivity contribution in [1.29, 1.82) is 0 Å².